The summed E-state index contributed by atoms with van der Waals surface area (Å²) in [7, 11) is 0. The Morgan fingerprint density at radius 3 is 2.87 bits per heavy atom. The Morgan fingerprint density at radius 1 is 1.47 bits per heavy atom. The normalized spacial score (nSPS) is 15.6. The fourth-order valence-electron chi connectivity index (χ4n) is 1.60. The predicted octanol–water partition coefficient (Wildman–Crippen LogP) is 2.23. The third kappa shape index (κ3) is 2.62. The number of aromatic nitrogens is 2. The molecule has 1 heterocycles. The standard InChI is InChI=1S/C10H16ClN3O/c1-2-7-14(8-3-4-8)10-13-12-9(15-10)5-6-11/h8H,2-7H2,1H3. The largest absolute Gasteiger partial charge is 0.408 e. The molecule has 1 fully saturated rings. The number of hydrogen-bond acceptors (Lipinski definition) is 4. The van der Waals surface area contributed by atoms with Crippen LogP contribution in [-0.4, -0.2) is 28.7 Å². The molecule has 15 heavy (non-hydrogen) atoms. The summed E-state index contributed by atoms with van der Waals surface area (Å²) in [5, 5.41) is 8.04. The van der Waals surface area contributed by atoms with Gasteiger partial charge in [0.2, 0.25) is 5.89 Å². The number of rotatable bonds is 6. The minimum atomic E-state index is 0.527. The molecule has 0 bridgehead atoms. The van der Waals surface area contributed by atoms with Crippen molar-refractivity contribution in [3.63, 3.8) is 0 Å². The van der Waals surface area contributed by atoms with Crippen molar-refractivity contribution in [1.82, 2.24) is 10.2 Å². The van der Waals surface area contributed by atoms with Crippen LogP contribution in [0.1, 0.15) is 32.1 Å². The van der Waals surface area contributed by atoms with Gasteiger partial charge in [0.25, 0.3) is 0 Å². The molecule has 1 aliphatic rings. The summed E-state index contributed by atoms with van der Waals surface area (Å²) in [6.45, 7) is 3.15. The lowest BCUT2D eigenvalue weighted by Crippen LogP contribution is -2.26. The van der Waals surface area contributed by atoms with Gasteiger partial charge in [-0.3, -0.25) is 0 Å². The quantitative estimate of drug-likeness (QED) is 0.702. The molecular weight excluding hydrogens is 214 g/mol. The zero-order valence-corrected chi connectivity index (χ0v) is 9.70. The van der Waals surface area contributed by atoms with Crippen LogP contribution in [0.25, 0.3) is 0 Å². The Labute approximate surface area is 94.6 Å². The van der Waals surface area contributed by atoms with E-state index in [0.29, 0.717) is 30.2 Å². The van der Waals surface area contributed by atoms with Crippen LogP contribution in [0, 0.1) is 0 Å². The zero-order valence-electron chi connectivity index (χ0n) is 8.95. The van der Waals surface area contributed by atoms with E-state index in [0.717, 1.165) is 13.0 Å². The van der Waals surface area contributed by atoms with Gasteiger partial charge in [0.15, 0.2) is 0 Å². The van der Waals surface area contributed by atoms with Gasteiger partial charge in [0, 0.05) is 24.9 Å². The first kappa shape index (κ1) is 10.7. The Hall–Kier alpha value is -0.770. The van der Waals surface area contributed by atoms with Crippen molar-refractivity contribution in [2.24, 2.45) is 0 Å². The molecule has 1 aliphatic carbocycles. The van der Waals surface area contributed by atoms with E-state index in [1.54, 1.807) is 0 Å². The van der Waals surface area contributed by atoms with Crippen molar-refractivity contribution in [2.75, 3.05) is 17.3 Å². The molecule has 4 nitrogen and oxygen atoms in total. The van der Waals surface area contributed by atoms with E-state index >= 15 is 0 Å². The van der Waals surface area contributed by atoms with Crippen LogP contribution in [-0.2, 0) is 6.42 Å². The van der Waals surface area contributed by atoms with E-state index < -0.39 is 0 Å². The lowest BCUT2D eigenvalue weighted by Gasteiger charge is -2.17. The Balaban J connectivity index is 2.04. The van der Waals surface area contributed by atoms with Crippen molar-refractivity contribution in [2.45, 2.75) is 38.6 Å². The fraction of sp³-hybridized carbons (Fsp3) is 0.800. The first-order valence-electron chi connectivity index (χ1n) is 5.50. The molecule has 0 aromatic carbocycles. The molecule has 5 heteroatoms. The summed E-state index contributed by atoms with van der Waals surface area (Å²) in [5.74, 6) is 1.17. The van der Waals surface area contributed by atoms with Crippen LogP contribution in [0.4, 0.5) is 6.01 Å². The molecule has 0 spiro atoms. The summed E-state index contributed by atoms with van der Waals surface area (Å²) in [6, 6.07) is 1.29. The molecule has 0 aliphatic heterocycles. The van der Waals surface area contributed by atoms with E-state index in [2.05, 4.69) is 22.0 Å². The number of nitrogens with zero attached hydrogens (tertiary/aromatic N) is 3. The third-order valence-corrected chi connectivity index (χ3v) is 2.65. The minimum Gasteiger partial charge on any atom is -0.408 e. The van der Waals surface area contributed by atoms with Gasteiger partial charge >= 0.3 is 6.01 Å². The summed E-state index contributed by atoms with van der Waals surface area (Å²) in [6.07, 6.45) is 4.24. The highest BCUT2D eigenvalue weighted by Gasteiger charge is 2.31. The molecule has 0 atom stereocenters. The van der Waals surface area contributed by atoms with Gasteiger partial charge in [-0.2, -0.15) is 0 Å². The van der Waals surface area contributed by atoms with Crippen LogP contribution in [0.3, 0.4) is 0 Å². The fourth-order valence-corrected chi connectivity index (χ4v) is 1.77. The number of halogens is 1. The highest BCUT2D eigenvalue weighted by Crippen LogP contribution is 2.30. The number of anilines is 1. The molecule has 0 radical (unpaired) electrons. The molecule has 1 aromatic rings. The molecule has 0 N–H and O–H groups in total. The number of alkyl halides is 1. The Kier molecular flexibility index (Phi) is 3.46. The molecule has 0 saturated heterocycles. The SMILES string of the molecule is CCCN(c1nnc(CCCl)o1)C1CC1. The molecular formula is C10H16ClN3O. The topological polar surface area (TPSA) is 42.2 Å². The van der Waals surface area contributed by atoms with Crippen molar-refractivity contribution in [3.05, 3.63) is 5.89 Å². The number of aryl methyl sites for hydroxylation is 1. The van der Waals surface area contributed by atoms with E-state index in [4.69, 9.17) is 16.0 Å². The van der Waals surface area contributed by atoms with Crippen LogP contribution >= 0.6 is 11.6 Å². The summed E-state index contributed by atoms with van der Waals surface area (Å²) >= 11 is 5.62. The summed E-state index contributed by atoms with van der Waals surface area (Å²) < 4.78 is 5.56. The van der Waals surface area contributed by atoms with Crippen molar-refractivity contribution < 1.29 is 4.42 Å². The van der Waals surface area contributed by atoms with Crippen molar-refractivity contribution >= 4 is 17.6 Å². The maximum atomic E-state index is 5.62. The average molecular weight is 230 g/mol. The third-order valence-electron chi connectivity index (χ3n) is 2.46. The highest BCUT2D eigenvalue weighted by atomic mass is 35.5. The van der Waals surface area contributed by atoms with E-state index in [-0.39, 0.29) is 0 Å². The lowest BCUT2D eigenvalue weighted by atomic mass is 10.4. The van der Waals surface area contributed by atoms with Gasteiger partial charge < -0.3 is 9.32 Å². The van der Waals surface area contributed by atoms with Gasteiger partial charge in [0.05, 0.1) is 0 Å². The van der Waals surface area contributed by atoms with E-state index in [9.17, 15) is 0 Å². The van der Waals surface area contributed by atoms with Crippen molar-refractivity contribution in [1.29, 1.82) is 0 Å². The molecule has 2 rings (SSSR count). The first-order valence-corrected chi connectivity index (χ1v) is 6.03. The Morgan fingerprint density at radius 2 is 2.27 bits per heavy atom. The molecule has 84 valence electrons. The van der Waals surface area contributed by atoms with Crippen LogP contribution in [0.2, 0.25) is 0 Å². The predicted molar refractivity (Wildman–Crippen MR) is 59.4 cm³/mol. The molecule has 0 unspecified atom stereocenters. The van der Waals surface area contributed by atoms with Gasteiger partial charge in [-0.25, -0.2) is 0 Å². The van der Waals surface area contributed by atoms with Gasteiger partial charge in [-0.05, 0) is 19.3 Å². The molecule has 1 saturated carbocycles. The smallest absolute Gasteiger partial charge is 0.318 e. The maximum Gasteiger partial charge on any atom is 0.318 e. The van der Waals surface area contributed by atoms with E-state index in [1.165, 1.54) is 12.8 Å². The highest BCUT2D eigenvalue weighted by molar-refractivity contribution is 6.17. The summed E-state index contributed by atoms with van der Waals surface area (Å²) in [4.78, 5) is 2.21. The Bertz CT molecular complexity index is 311. The second-order valence-electron chi connectivity index (χ2n) is 3.84. The van der Waals surface area contributed by atoms with Crippen LogP contribution < -0.4 is 4.90 Å². The van der Waals surface area contributed by atoms with Gasteiger partial charge in [0.1, 0.15) is 0 Å². The first-order chi connectivity index (χ1) is 7.35. The second-order valence-corrected chi connectivity index (χ2v) is 4.22. The molecule has 1 aromatic heterocycles. The van der Waals surface area contributed by atoms with Crippen LogP contribution in [0.5, 0.6) is 0 Å². The zero-order chi connectivity index (χ0) is 10.7. The lowest BCUT2D eigenvalue weighted by molar-refractivity contribution is 0.485. The maximum absolute atomic E-state index is 5.62. The van der Waals surface area contributed by atoms with Crippen molar-refractivity contribution in [3.8, 4) is 0 Å². The average Bonchev–Trinajstić information content (AvgIpc) is 2.96. The number of hydrogen-bond donors (Lipinski definition) is 0. The molecule has 0 amide bonds. The van der Waals surface area contributed by atoms with Gasteiger partial charge in [-0.15, -0.1) is 16.7 Å². The van der Waals surface area contributed by atoms with E-state index in [1.807, 2.05) is 0 Å². The van der Waals surface area contributed by atoms with Gasteiger partial charge in [-0.1, -0.05) is 12.0 Å². The monoisotopic (exact) mass is 229 g/mol. The second kappa shape index (κ2) is 4.84. The minimum absolute atomic E-state index is 0.527. The van der Waals surface area contributed by atoms with Crippen LogP contribution in [0.15, 0.2) is 4.42 Å². The summed E-state index contributed by atoms with van der Waals surface area (Å²) in [5.41, 5.74) is 0.